The number of nitrogens with one attached hydrogen (secondary N) is 1. The van der Waals surface area contributed by atoms with Crippen molar-refractivity contribution in [3.63, 3.8) is 0 Å². The lowest BCUT2D eigenvalue weighted by Crippen LogP contribution is -2.53. The maximum atomic E-state index is 13.2. The van der Waals surface area contributed by atoms with Crippen molar-refractivity contribution >= 4 is 17.5 Å². The standard InChI is InChI=1S/C19H25ClF2N2O2/c20-15-3-1-2-14(12-15)19(6-10-26-11-7-19)18(25)23-16-4-8-24(9-5-16)13-17(21)22/h1-3,12,16-17H,4-11,13H2,(H,23,25). The highest BCUT2D eigenvalue weighted by atomic mass is 35.5. The van der Waals surface area contributed by atoms with E-state index in [1.54, 1.807) is 11.0 Å². The minimum atomic E-state index is -2.31. The molecule has 1 aromatic rings. The van der Waals surface area contributed by atoms with Crippen molar-refractivity contribution in [3.05, 3.63) is 34.9 Å². The van der Waals surface area contributed by atoms with E-state index in [0.717, 1.165) is 5.56 Å². The molecule has 2 heterocycles. The average Bonchev–Trinajstić information content (AvgIpc) is 2.63. The summed E-state index contributed by atoms with van der Waals surface area (Å²) in [5, 5.41) is 3.78. The number of nitrogens with zero attached hydrogens (tertiary/aromatic N) is 1. The molecule has 0 saturated carbocycles. The van der Waals surface area contributed by atoms with Crippen LogP contribution in [0.2, 0.25) is 5.02 Å². The molecule has 3 rings (SSSR count). The Kier molecular flexibility index (Phi) is 6.48. The van der Waals surface area contributed by atoms with E-state index in [0.29, 0.717) is 57.0 Å². The second-order valence-electron chi connectivity index (χ2n) is 7.14. The summed E-state index contributed by atoms with van der Waals surface area (Å²) < 4.78 is 30.5. The highest BCUT2D eigenvalue weighted by Gasteiger charge is 2.42. The largest absolute Gasteiger partial charge is 0.381 e. The van der Waals surface area contributed by atoms with Crippen LogP contribution in [0.5, 0.6) is 0 Å². The third-order valence-corrected chi connectivity index (χ3v) is 5.71. The van der Waals surface area contributed by atoms with Gasteiger partial charge in [-0.3, -0.25) is 9.69 Å². The third-order valence-electron chi connectivity index (χ3n) is 5.48. The minimum absolute atomic E-state index is 0.00428. The fraction of sp³-hybridized carbons (Fsp3) is 0.632. The molecular formula is C19H25ClF2N2O2. The van der Waals surface area contributed by atoms with E-state index in [9.17, 15) is 13.6 Å². The van der Waals surface area contributed by atoms with E-state index in [-0.39, 0.29) is 18.5 Å². The van der Waals surface area contributed by atoms with Gasteiger partial charge in [0.25, 0.3) is 6.43 Å². The highest BCUT2D eigenvalue weighted by molar-refractivity contribution is 6.30. The van der Waals surface area contributed by atoms with Gasteiger partial charge < -0.3 is 10.1 Å². The first kappa shape index (κ1) is 19.5. The number of likely N-dealkylation sites (tertiary alicyclic amines) is 1. The Morgan fingerprint density at radius 2 is 2.00 bits per heavy atom. The molecule has 0 spiro atoms. The molecule has 2 saturated heterocycles. The molecule has 0 bridgehead atoms. The van der Waals surface area contributed by atoms with Gasteiger partial charge in [0.05, 0.1) is 12.0 Å². The van der Waals surface area contributed by atoms with Gasteiger partial charge in [0.15, 0.2) is 0 Å². The lowest BCUT2D eigenvalue weighted by molar-refractivity contribution is -0.131. The molecule has 0 radical (unpaired) electrons. The van der Waals surface area contributed by atoms with Crippen molar-refractivity contribution in [1.29, 1.82) is 0 Å². The molecule has 4 nitrogen and oxygen atoms in total. The smallest absolute Gasteiger partial charge is 0.251 e. The SMILES string of the molecule is O=C(NC1CCN(CC(F)F)CC1)C1(c2cccc(Cl)c2)CCOCC1. The Labute approximate surface area is 157 Å². The number of piperidine rings is 1. The quantitative estimate of drug-likeness (QED) is 0.844. The van der Waals surface area contributed by atoms with Gasteiger partial charge in [0, 0.05) is 37.4 Å². The Balaban J connectivity index is 1.67. The Bertz CT molecular complexity index is 615. The van der Waals surface area contributed by atoms with Crippen molar-refractivity contribution < 1.29 is 18.3 Å². The summed E-state index contributed by atoms with van der Waals surface area (Å²) in [4.78, 5) is 15.0. The molecule has 1 aromatic carbocycles. The van der Waals surface area contributed by atoms with Crippen molar-refractivity contribution in [1.82, 2.24) is 10.2 Å². The van der Waals surface area contributed by atoms with Crippen molar-refractivity contribution in [2.45, 2.75) is 43.6 Å². The van der Waals surface area contributed by atoms with Crippen LogP contribution in [0.15, 0.2) is 24.3 Å². The van der Waals surface area contributed by atoms with Gasteiger partial charge in [-0.15, -0.1) is 0 Å². The lowest BCUT2D eigenvalue weighted by atomic mass is 9.73. The van der Waals surface area contributed by atoms with Crippen LogP contribution in [0, 0.1) is 0 Å². The van der Waals surface area contributed by atoms with E-state index in [2.05, 4.69) is 5.32 Å². The summed E-state index contributed by atoms with van der Waals surface area (Å²) in [7, 11) is 0. The van der Waals surface area contributed by atoms with Crippen LogP contribution in [0.1, 0.15) is 31.2 Å². The monoisotopic (exact) mass is 386 g/mol. The van der Waals surface area contributed by atoms with E-state index >= 15 is 0 Å². The third kappa shape index (κ3) is 4.53. The summed E-state index contributed by atoms with van der Waals surface area (Å²) in [5.74, 6) is -0.00428. The number of rotatable bonds is 5. The molecule has 2 aliphatic heterocycles. The zero-order chi connectivity index (χ0) is 18.6. The fourth-order valence-corrected chi connectivity index (χ4v) is 4.12. The van der Waals surface area contributed by atoms with Gasteiger partial charge in [-0.25, -0.2) is 8.78 Å². The van der Waals surface area contributed by atoms with E-state index in [4.69, 9.17) is 16.3 Å². The van der Waals surface area contributed by atoms with Crippen LogP contribution < -0.4 is 5.32 Å². The summed E-state index contributed by atoms with van der Waals surface area (Å²) in [6, 6.07) is 7.50. The Morgan fingerprint density at radius 1 is 1.31 bits per heavy atom. The maximum absolute atomic E-state index is 13.2. The van der Waals surface area contributed by atoms with Crippen LogP contribution >= 0.6 is 11.6 Å². The highest BCUT2D eigenvalue weighted by Crippen LogP contribution is 2.36. The van der Waals surface area contributed by atoms with E-state index in [1.165, 1.54) is 0 Å². The van der Waals surface area contributed by atoms with Gasteiger partial charge in [-0.1, -0.05) is 23.7 Å². The number of halogens is 3. The van der Waals surface area contributed by atoms with Crippen molar-refractivity contribution in [2.75, 3.05) is 32.8 Å². The van der Waals surface area contributed by atoms with E-state index in [1.807, 2.05) is 18.2 Å². The molecule has 7 heteroatoms. The number of hydrogen-bond acceptors (Lipinski definition) is 3. The van der Waals surface area contributed by atoms with Gasteiger partial charge in [0.2, 0.25) is 5.91 Å². The van der Waals surface area contributed by atoms with Crippen molar-refractivity contribution in [3.8, 4) is 0 Å². The normalized spacial score (nSPS) is 21.7. The predicted molar refractivity (Wildman–Crippen MR) is 96.8 cm³/mol. The van der Waals surface area contributed by atoms with Crippen molar-refractivity contribution in [2.24, 2.45) is 0 Å². The minimum Gasteiger partial charge on any atom is -0.381 e. The number of carbonyl (C=O) groups is 1. The number of hydrogen-bond donors (Lipinski definition) is 1. The van der Waals surface area contributed by atoms with Gasteiger partial charge in [0.1, 0.15) is 0 Å². The van der Waals surface area contributed by atoms with Gasteiger partial charge in [-0.2, -0.15) is 0 Å². The fourth-order valence-electron chi connectivity index (χ4n) is 3.93. The molecule has 144 valence electrons. The Hall–Kier alpha value is -1.24. The zero-order valence-corrected chi connectivity index (χ0v) is 15.5. The average molecular weight is 387 g/mol. The zero-order valence-electron chi connectivity index (χ0n) is 14.7. The second kappa shape index (κ2) is 8.63. The first-order chi connectivity index (χ1) is 12.5. The molecule has 1 N–H and O–H groups in total. The maximum Gasteiger partial charge on any atom is 0.251 e. The van der Waals surface area contributed by atoms with Crippen LogP contribution in [-0.2, 0) is 14.9 Å². The number of benzene rings is 1. The first-order valence-corrected chi connectivity index (χ1v) is 9.53. The summed E-state index contributed by atoms with van der Waals surface area (Å²) in [6.45, 7) is 2.05. The van der Waals surface area contributed by atoms with Gasteiger partial charge in [-0.05, 0) is 43.4 Å². The Morgan fingerprint density at radius 3 is 2.62 bits per heavy atom. The molecule has 0 unspecified atom stereocenters. The number of amides is 1. The summed E-state index contributed by atoms with van der Waals surface area (Å²) in [6.07, 6.45) is 0.308. The number of carbonyl (C=O) groups excluding carboxylic acids is 1. The van der Waals surface area contributed by atoms with Gasteiger partial charge >= 0.3 is 0 Å². The van der Waals surface area contributed by atoms with Crippen LogP contribution in [-0.4, -0.2) is 56.1 Å². The lowest BCUT2D eigenvalue weighted by Gasteiger charge is -2.39. The molecule has 0 aliphatic carbocycles. The molecule has 2 aliphatic rings. The van der Waals surface area contributed by atoms with Crippen LogP contribution in [0.25, 0.3) is 0 Å². The van der Waals surface area contributed by atoms with Crippen LogP contribution in [0.3, 0.4) is 0 Å². The van der Waals surface area contributed by atoms with Crippen LogP contribution in [0.4, 0.5) is 8.78 Å². The molecule has 2 fully saturated rings. The second-order valence-corrected chi connectivity index (χ2v) is 7.58. The molecular weight excluding hydrogens is 362 g/mol. The summed E-state index contributed by atoms with van der Waals surface area (Å²) >= 11 is 6.15. The molecule has 1 amide bonds. The first-order valence-electron chi connectivity index (χ1n) is 9.15. The predicted octanol–water partition coefficient (Wildman–Crippen LogP) is 3.23. The molecule has 26 heavy (non-hydrogen) atoms. The van der Waals surface area contributed by atoms with E-state index < -0.39 is 11.8 Å². The summed E-state index contributed by atoms with van der Waals surface area (Å²) in [5.41, 5.74) is 0.282. The topological polar surface area (TPSA) is 41.6 Å². The number of alkyl halides is 2. The molecule has 0 atom stereocenters. The number of ether oxygens (including phenoxy) is 1. The molecule has 0 aromatic heterocycles.